The molecular weight excluding hydrogens is 357 g/mol. The summed E-state index contributed by atoms with van der Waals surface area (Å²) in [6.07, 6.45) is -4.31. The van der Waals surface area contributed by atoms with E-state index in [-0.39, 0.29) is 24.1 Å². The lowest BCUT2D eigenvalue weighted by Crippen LogP contribution is -2.17. The number of hydrogen-bond donors (Lipinski definition) is 2. The second kappa shape index (κ2) is 7.26. The van der Waals surface area contributed by atoms with E-state index in [0.29, 0.717) is 5.56 Å². The minimum absolute atomic E-state index is 0.0172. The van der Waals surface area contributed by atoms with Crippen molar-refractivity contribution in [2.45, 2.75) is 25.9 Å². The number of pyridine rings is 1. The molecule has 2 aromatic carbocycles. The molecule has 1 heterocycles. The fourth-order valence-electron chi connectivity index (χ4n) is 2.86. The van der Waals surface area contributed by atoms with E-state index in [2.05, 4.69) is 10.3 Å². The Morgan fingerprint density at radius 1 is 1.11 bits per heavy atom. The number of rotatable bonds is 4. The monoisotopic (exact) mass is 374 g/mol. The molecule has 0 aliphatic carbocycles. The van der Waals surface area contributed by atoms with Crippen molar-refractivity contribution < 1.29 is 18.0 Å². The van der Waals surface area contributed by atoms with Gasteiger partial charge in [0.05, 0.1) is 11.1 Å². The van der Waals surface area contributed by atoms with E-state index >= 15 is 0 Å². The summed E-state index contributed by atoms with van der Waals surface area (Å²) in [5.74, 6) is -0.460. The van der Waals surface area contributed by atoms with Gasteiger partial charge in [0.2, 0.25) is 5.91 Å². The van der Waals surface area contributed by atoms with E-state index in [1.807, 2.05) is 25.1 Å². The lowest BCUT2D eigenvalue weighted by atomic mass is 10.1. The Morgan fingerprint density at radius 3 is 2.59 bits per heavy atom. The van der Waals surface area contributed by atoms with E-state index < -0.39 is 17.6 Å². The summed E-state index contributed by atoms with van der Waals surface area (Å²) in [4.78, 5) is 27.1. The van der Waals surface area contributed by atoms with Gasteiger partial charge in [0, 0.05) is 17.7 Å². The number of anilines is 1. The number of H-pyrrole nitrogens is 1. The van der Waals surface area contributed by atoms with Crippen molar-refractivity contribution >= 4 is 22.5 Å². The van der Waals surface area contributed by atoms with Crippen molar-refractivity contribution in [2.75, 3.05) is 5.32 Å². The van der Waals surface area contributed by atoms with Crippen LogP contribution in [0.5, 0.6) is 0 Å². The molecule has 7 heteroatoms. The van der Waals surface area contributed by atoms with Crippen molar-refractivity contribution in [2.24, 2.45) is 0 Å². The Balaban J connectivity index is 1.70. The molecule has 4 nitrogen and oxygen atoms in total. The average Bonchev–Trinajstić information content (AvgIpc) is 2.60. The van der Waals surface area contributed by atoms with Crippen molar-refractivity contribution in [3.63, 3.8) is 0 Å². The van der Waals surface area contributed by atoms with E-state index in [4.69, 9.17) is 0 Å². The van der Waals surface area contributed by atoms with Crippen molar-refractivity contribution in [3.05, 3.63) is 75.6 Å². The Kier molecular flexibility index (Phi) is 5.03. The van der Waals surface area contributed by atoms with Crippen LogP contribution in [0, 0.1) is 6.92 Å². The molecule has 140 valence electrons. The molecule has 0 bridgehead atoms. The molecule has 1 amide bonds. The van der Waals surface area contributed by atoms with Gasteiger partial charge in [0.1, 0.15) is 0 Å². The topological polar surface area (TPSA) is 62.0 Å². The number of hydrogen-bond acceptors (Lipinski definition) is 2. The van der Waals surface area contributed by atoms with Crippen LogP contribution in [0.15, 0.2) is 53.3 Å². The Labute approximate surface area is 153 Å². The second-order valence-corrected chi connectivity index (χ2v) is 6.29. The third-order valence-corrected chi connectivity index (χ3v) is 4.26. The lowest BCUT2D eigenvalue weighted by Gasteiger charge is -2.10. The minimum Gasteiger partial charge on any atom is -0.326 e. The van der Waals surface area contributed by atoms with Crippen LogP contribution in [0.1, 0.15) is 23.1 Å². The second-order valence-electron chi connectivity index (χ2n) is 6.29. The summed E-state index contributed by atoms with van der Waals surface area (Å²) in [5.41, 5.74) is 1.11. The smallest absolute Gasteiger partial charge is 0.326 e. The van der Waals surface area contributed by atoms with Crippen LogP contribution in [-0.2, 0) is 17.4 Å². The number of aromatic nitrogens is 1. The first-order chi connectivity index (χ1) is 12.7. The maximum atomic E-state index is 12.7. The van der Waals surface area contributed by atoms with Gasteiger partial charge in [-0.15, -0.1) is 0 Å². The maximum Gasteiger partial charge on any atom is 0.416 e. The highest BCUT2D eigenvalue weighted by Crippen LogP contribution is 2.30. The van der Waals surface area contributed by atoms with Gasteiger partial charge in [-0.2, -0.15) is 13.2 Å². The molecule has 0 aliphatic heterocycles. The highest BCUT2D eigenvalue weighted by molar-refractivity contribution is 5.91. The van der Waals surface area contributed by atoms with Crippen LogP contribution in [0.2, 0.25) is 0 Å². The zero-order valence-corrected chi connectivity index (χ0v) is 14.5. The van der Waals surface area contributed by atoms with Gasteiger partial charge < -0.3 is 10.3 Å². The fraction of sp³-hybridized carbons (Fsp3) is 0.200. The fourth-order valence-corrected chi connectivity index (χ4v) is 2.86. The molecule has 3 rings (SSSR count). The summed E-state index contributed by atoms with van der Waals surface area (Å²) >= 11 is 0. The molecular formula is C20H17F3N2O2. The first kappa shape index (κ1) is 18.7. The van der Waals surface area contributed by atoms with Gasteiger partial charge in [-0.1, -0.05) is 24.3 Å². The summed E-state index contributed by atoms with van der Waals surface area (Å²) in [6.45, 7) is 1.89. The summed E-state index contributed by atoms with van der Waals surface area (Å²) < 4.78 is 38.2. The SMILES string of the molecule is Cc1cccc2cc(CCC(=O)Nc3cccc(C(F)(F)F)c3)c(=O)[nH]c12. The molecule has 0 spiro atoms. The Morgan fingerprint density at radius 2 is 1.85 bits per heavy atom. The predicted molar refractivity (Wildman–Crippen MR) is 97.7 cm³/mol. The normalized spacial score (nSPS) is 11.6. The quantitative estimate of drug-likeness (QED) is 0.710. The van der Waals surface area contributed by atoms with E-state index in [9.17, 15) is 22.8 Å². The highest BCUT2D eigenvalue weighted by atomic mass is 19.4. The number of amides is 1. The van der Waals surface area contributed by atoms with E-state index in [1.165, 1.54) is 12.1 Å². The van der Waals surface area contributed by atoms with E-state index in [0.717, 1.165) is 28.6 Å². The molecule has 0 fully saturated rings. The lowest BCUT2D eigenvalue weighted by molar-refractivity contribution is -0.137. The van der Waals surface area contributed by atoms with Crippen molar-refractivity contribution in [3.8, 4) is 0 Å². The molecule has 0 aliphatic rings. The predicted octanol–water partition coefficient (Wildman–Crippen LogP) is 4.43. The van der Waals surface area contributed by atoms with Gasteiger partial charge in [-0.3, -0.25) is 9.59 Å². The van der Waals surface area contributed by atoms with Gasteiger partial charge in [-0.05, 0) is 48.6 Å². The number of aromatic amines is 1. The molecule has 2 N–H and O–H groups in total. The number of carbonyl (C=O) groups excluding carboxylic acids is 1. The van der Waals surface area contributed by atoms with Gasteiger partial charge in [0.25, 0.3) is 5.56 Å². The number of halogens is 3. The molecule has 0 saturated heterocycles. The molecule has 27 heavy (non-hydrogen) atoms. The molecule has 0 radical (unpaired) electrons. The van der Waals surface area contributed by atoms with Crippen LogP contribution in [0.25, 0.3) is 10.9 Å². The van der Waals surface area contributed by atoms with Gasteiger partial charge in [0.15, 0.2) is 0 Å². The van der Waals surface area contributed by atoms with Crippen molar-refractivity contribution in [1.29, 1.82) is 0 Å². The number of alkyl halides is 3. The average molecular weight is 374 g/mol. The highest BCUT2D eigenvalue weighted by Gasteiger charge is 2.30. The van der Waals surface area contributed by atoms with Crippen LogP contribution in [-0.4, -0.2) is 10.9 Å². The summed E-state index contributed by atoms with van der Waals surface area (Å²) in [6, 6.07) is 11.8. The number of benzene rings is 2. The third-order valence-electron chi connectivity index (χ3n) is 4.26. The standard InChI is InChI=1S/C20H17F3N2O2/c1-12-4-2-5-13-10-14(19(27)25-18(12)13)8-9-17(26)24-16-7-3-6-15(11-16)20(21,22)23/h2-7,10-11H,8-9H2,1H3,(H,24,26)(H,25,27). The van der Waals surface area contributed by atoms with Crippen LogP contribution in [0.4, 0.5) is 18.9 Å². The number of para-hydroxylation sites is 1. The molecule has 1 aromatic heterocycles. The molecule has 0 saturated carbocycles. The first-order valence-electron chi connectivity index (χ1n) is 8.33. The summed E-state index contributed by atoms with van der Waals surface area (Å²) in [5, 5.41) is 3.30. The number of fused-ring (bicyclic) bond motifs is 1. The molecule has 0 unspecified atom stereocenters. The van der Waals surface area contributed by atoms with E-state index in [1.54, 1.807) is 6.07 Å². The van der Waals surface area contributed by atoms with Crippen LogP contribution >= 0.6 is 0 Å². The molecule has 3 aromatic rings. The summed E-state index contributed by atoms with van der Waals surface area (Å²) in [7, 11) is 0. The number of nitrogens with one attached hydrogen (secondary N) is 2. The van der Waals surface area contributed by atoms with Crippen LogP contribution in [0.3, 0.4) is 0 Å². The van der Waals surface area contributed by atoms with Crippen molar-refractivity contribution in [1.82, 2.24) is 4.98 Å². The largest absolute Gasteiger partial charge is 0.416 e. The number of carbonyl (C=O) groups is 1. The number of aryl methyl sites for hydroxylation is 2. The maximum absolute atomic E-state index is 12.7. The Hall–Kier alpha value is -3.09. The van der Waals surface area contributed by atoms with Gasteiger partial charge >= 0.3 is 6.18 Å². The first-order valence-corrected chi connectivity index (χ1v) is 8.33. The van der Waals surface area contributed by atoms with Gasteiger partial charge in [-0.25, -0.2) is 0 Å². The van der Waals surface area contributed by atoms with Crippen LogP contribution < -0.4 is 10.9 Å². The minimum atomic E-state index is -4.47. The zero-order chi connectivity index (χ0) is 19.6. The molecule has 0 atom stereocenters. The Bertz CT molecular complexity index is 1060. The zero-order valence-electron chi connectivity index (χ0n) is 14.5. The third kappa shape index (κ3) is 4.36.